The number of nitrogens with one attached hydrogen (secondary N) is 2. The second kappa shape index (κ2) is 7.14. The lowest BCUT2D eigenvalue weighted by molar-refractivity contribution is 0.202. The van der Waals surface area contributed by atoms with E-state index in [1.54, 1.807) is 4.90 Å². The lowest BCUT2D eigenvalue weighted by Crippen LogP contribution is -2.32. The molecule has 1 fully saturated rings. The van der Waals surface area contributed by atoms with Crippen molar-refractivity contribution in [3.8, 4) is 5.75 Å². The monoisotopic (exact) mass is 277 g/mol. The normalized spacial score (nSPS) is 14.5. The summed E-state index contributed by atoms with van der Waals surface area (Å²) in [5.74, 6) is 0.938. The van der Waals surface area contributed by atoms with Crippen LogP contribution in [0.2, 0.25) is 0 Å². The number of amides is 2. The zero-order valence-corrected chi connectivity index (χ0v) is 12.2. The van der Waals surface area contributed by atoms with E-state index in [-0.39, 0.29) is 6.03 Å². The fourth-order valence-electron chi connectivity index (χ4n) is 2.30. The van der Waals surface area contributed by atoms with Crippen LogP contribution in [0.4, 0.5) is 4.79 Å². The zero-order chi connectivity index (χ0) is 14.4. The molecule has 2 amide bonds. The van der Waals surface area contributed by atoms with Crippen molar-refractivity contribution in [1.82, 2.24) is 15.5 Å². The summed E-state index contributed by atoms with van der Waals surface area (Å²) in [6.07, 6.45) is 0. The molecular weight excluding hydrogens is 254 g/mol. The number of nitrogens with zero attached hydrogens (tertiary/aromatic N) is 1. The summed E-state index contributed by atoms with van der Waals surface area (Å²) >= 11 is 0. The minimum absolute atomic E-state index is 0.00579. The minimum atomic E-state index is 0.00579. The van der Waals surface area contributed by atoms with Gasteiger partial charge in [0.2, 0.25) is 0 Å². The third-order valence-corrected chi connectivity index (χ3v) is 3.41. The van der Waals surface area contributed by atoms with Crippen molar-refractivity contribution in [2.45, 2.75) is 20.4 Å². The number of hydrogen-bond acceptors (Lipinski definition) is 3. The Kier molecular flexibility index (Phi) is 5.24. The predicted molar refractivity (Wildman–Crippen MR) is 79.0 cm³/mol. The second-order valence-electron chi connectivity index (χ2n) is 4.91. The molecule has 0 aromatic heterocycles. The van der Waals surface area contributed by atoms with Gasteiger partial charge >= 0.3 is 6.03 Å². The van der Waals surface area contributed by atoms with Gasteiger partial charge in [-0.25, -0.2) is 4.79 Å². The summed E-state index contributed by atoms with van der Waals surface area (Å²) in [6.45, 7) is 8.52. The fourth-order valence-corrected chi connectivity index (χ4v) is 2.30. The lowest BCUT2D eigenvalue weighted by atomic mass is 10.1. The summed E-state index contributed by atoms with van der Waals surface area (Å²) in [5, 5.41) is 6.11. The van der Waals surface area contributed by atoms with Gasteiger partial charge in [-0.2, -0.15) is 0 Å². The van der Waals surface area contributed by atoms with Crippen LogP contribution in [-0.2, 0) is 6.54 Å². The van der Waals surface area contributed by atoms with Crippen molar-refractivity contribution in [3.05, 3.63) is 29.3 Å². The van der Waals surface area contributed by atoms with E-state index in [0.717, 1.165) is 43.1 Å². The standard InChI is InChI=1S/C15H23N3O2/c1-3-16-11-13-6-4-5-12(2)14(13)20-10-9-18-8-7-17-15(18)19/h4-6,16H,3,7-11H2,1-2H3,(H,17,19). The largest absolute Gasteiger partial charge is 0.491 e. The van der Waals surface area contributed by atoms with E-state index in [2.05, 4.69) is 23.6 Å². The topological polar surface area (TPSA) is 53.6 Å². The Hall–Kier alpha value is -1.75. The molecule has 1 aromatic rings. The van der Waals surface area contributed by atoms with E-state index >= 15 is 0 Å². The highest BCUT2D eigenvalue weighted by Gasteiger charge is 2.19. The number of para-hydroxylation sites is 1. The third kappa shape index (κ3) is 3.63. The van der Waals surface area contributed by atoms with Crippen molar-refractivity contribution in [2.75, 3.05) is 32.8 Å². The van der Waals surface area contributed by atoms with Gasteiger partial charge in [0.15, 0.2) is 0 Å². The summed E-state index contributed by atoms with van der Waals surface area (Å²) < 4.78 is 5.91. The van der Waals surface area contributed by atoms with Gasteiger partial charge < -0.3 is 20.3 Å². The molecule has 5 nitrogen and oxygen atoms in total. The highest BCUT2D eigenvalue weighted by molar-refractivity contribution is 5.76. The van der Waals surface area contributed by atoms with Gasteiger partial charge in [-0.3, -0.25) is 0 Å². The van der Waals surface area contributed by atoms with Gasteiger partial charge in [0.25, 0.3) is 0 Å². The molecule has 2 N–H and O–H groups in total. The number of rotatable bonds is 7. The molecule has 110 valence electrons. The molecule has 1 aliphatic heterocycles. The molecule has 1 saturated heterocycles. The third-order valence-electron chi connectivity index (χ3n) is 3.41. The molecule has 0 spiro atoms. The summed E-state index contributed by atoms with van der Waals surface area (Å²) in [7, 11) is 0. The van der Waals surface area contributed by atoms with Crippen LogP contribution in [0.3, 0.4) is 0 Å². The molecule has 5 heteroatoms. The number of hydrogen-bond donors (Lipinski definition) is 2. The predicted octanol–water partition coefficient (Wildman–Crippen LogP) is 1.51. The summed E-state index contributed by atoms with van der Waals surface area (Å²) in [5.41, 5.74) is 2.30. The molecule has 0 unspecified atom stereocenters. The highest BCUT2D eigenvalue weighted by Crippen LogP contribution is 2.23. The molecule has 2 rings (SSSR count). The molecule has 0 bridgehead atoms. The molecule has 20 heavy (non-hydrogen) atoms. The molecule has 1 heterocycles. The minimum Gasteiger partial charge on any atom is -0.491 e. The van der Waals surface area contributed by atoms with Crippen molar-refractivity contribution in [1.29, 1.82) is 0 Å². The number of carbonyl (C=O) groups excluding carboxylic acids is 1. The van der Waals surface area contributed by atoms with Crippen molar-refractivity contribution >= 4 is 6.03 Å². The smallest absolute Gasteiger partial charge is 0.317 e. The van der Waals surface area contributed by atoms with Crippen LogP contribution < -0.4 is 15.4 Å². The Labute approximate surface area is 120 Å². The van der Waals surface area contributed by atoms with Gasteiger partial charge in [0, 0.05) is 25.2 Å². The van der Waals surface area contributed by atoms with Crippen LogP contribution in [-0.4, -0.2) is 43.7 Å². The maximum Gasteiger partial charge on any atom is 0.317 e. The first kappa shape index (κ1) is 14.7. The van der Waals surface area contributed by atoms with E-state index in [9.17, 15) is 4.79 Å². The van der Waals surface area contributed by atoms with Crippen LogP contribution in [0.1, 0.15) is 18.1 Å². The van der Waals surface area contributed by atoms with E-state index in [0.29, 0.717) is 13.2 Å². The first-order chi connectivity index (χ1) is 9.72. The SMILES string of the molecule is CCNCc1cccc(C)c1OCCN1CCNC1=O. The first-order valence-electron chi connectivity index (χ1n) is 7.17. The summed E-state index contributed by atoms with van der Waals surface area (Å²) in [6, 6.07) is 6.18. The quantitative estimate of drug-likeness (QED) is 0.794. The molecular formula is C15H23N3O2. The molecule has 0 saturated carbocycles. The van der Waals surface area contributed by atoms with Gasteiger partial charge in [-0.05, 0) is 19.0 Å². The highest BCUT2D eigenvalue weighted by atomic mass is 16.5. The Morgan fingerprint density at radius 2 is 2.30 bits per heavy atom. The van der Waals surface area contributed by atoms with Crippen LogP contribution in [0, 0.1) is 6.92 Å². The fraction of sp³-hybridized carbons (Fsp3) is 0.533. The molecule has 0 atom stereocenters. The number of carbonyl (C=O) groups is 1. The van der Waals surface area contributed by atoms with Crippen LogP contribution >= 0.6 is 0 Å². The van der Waals surface area contributed by atoms with E-state index in [1.165, 1.54) is 0 Å². The number of aryl methyl sites for hydroxylation is 1. The van der Waals surface area contributed by atoms with Gasteiger partial charge in [0.1, 0.15) is 12.4 Å². The molecule has 1 aliphatic rings. The van der Waals surface area contributed by atoms with Crippen LogP contribution in [0.25, 0.3) is 0 Å². The van der Waals surface area contributed by atoms with Crippen molar-refractivity contribution < 1.29 is 9.53 Å². The van der Waals surface area contributed by atoms with Crippen LogP contribution in [0.15, 0.2) is 18.2 Å². The van der Waals surface area contributed by atoms with Gasteiger partial charge in [-0.15, -0.1) is 0 Å². The summed E-state index contributed by atoms with van der Waals surface area (Å²) in [4.78, 5) is 13.2. The number of urea groups is 1. The molecule has 1 aromatic carbocycles. The Bertz CT molecular complexity index is 462. The average Bonchev–Trinajstić information content (AvgIpc) is 2.84. The van der Waals surface area contributed by atoms with Crippen LogP contribution in [0.5, 0.6) is 5.75 Å². The molecule has 0 aliphatic carbocycles. The number of benzene rings is 1. The Balaban J connectivity index is 1.92. The zero-order valence-electron chi connectivity index (χ0n) is 12.2. The second-order valence-corrected chi connectivity index (χ2v) is 4.91. The van der Waals surface area contributed by atoms with Crippen molar-refractivity contribution in [2.24, 2.45) is 0 Å². The van der Waals surface area contributed by atoms with Crippen molar-refractivity contribution in [3.63, 3.8) is 0 Å². The average molecular weight is 277 g/mol. The Morgan fingerprint density at radius 3 is 3.00 bits per heavy atom. The van der Waals surface area contributed by atoms with E-state index in [4.69, 9.17) is 4.74 Å². The Morgan fingerprint density at radius 1 is 1.45 bits per heavy atom. The lowest BCUT2D eigenvalue weighted by Gasteiger charge is -2.17. The first-order valence-corrected chi connectivity index (χ1v) is 7.17. The van der Waals surface area contributed by atoms with E-state index in [1.807, 2.05) is 19.1 Å². The van der Waals surface area contributed by atoms with Gasteiger partial charge in [-0.1, -0.05) is 25.1 Å². The van der Waals surface area contributed by atoms with Gasteiger partial charge in [0.05, 0.1) is 6.54 Å². The van der Waals surface area contributed by atoms with E-state index < -0.39 is 0 Å². The molecule has 0 radical (unpaired) electrons. The maximum absolute atomic E-state index is 11.4. The maximum atomic E-state index is 11.4. The number of ether oxygens (including phenoxy) is 1.